The Labute approximate surface area is 98.7 Å². The number of nitrogens with one attached hydrogen (secondary N) is 1. The second kappa shape index (κ2) is 6.66. The predicted octanol–water partition coefficient (Wildman–Crippen LogP) is 2.53. The van der Waals surface area contributed by atoms with Crippen molar-refractivity contribution in [3.8, 4) is 0 Å². The molecule has 0 spiro atoms. The largest absolute Gasteiger partial charge is 0.396 e. The van der Waals surface area contributed by atoms with Crippen LogP contribution < -0.4 is 5.32 Å². The predicted molar refractivity (Wildman–Crippen MR) is 68.5 cm³/mol. The fraction of sp³-hybridized carbons (Fsp3) is 0.571. The molecule has 2 heteroatoms. The average molecular weight is 221 g/mol. The van der Waals surface area contributed by atoms with Gasteiger partial charge in [-0.15, -0.1) is 0 Å². The molecule has 2 unspecified atom stereocenters. The first-order valence-corrected chi connectivity index (χ1v) is 6.13. The Kier molecular flexibility index (Phi) is 5.50. The molecule has 2 atom stereocenters. The van der Waals surface area contributed by atoms with Crippen LogP contribution in [0.4, 0.5) is 0 Å². The van der Waals surface area contributed by atoms with Gasteiger partial charge in [0.1, 0.15) is 0 Å². The number of aryl methyl sites for hydroxylation is 1. The molecule has 0 aliphatic rings. The minimum absolute atomic E-state index is 0.234. The van der Waals surface area contributed by atoms with Gasteiger partial charge in [0.05, 0.1) is 0 Å². The zero-order valence-electron chi connectivity index (χ0n) is 10.5. The molecule has 90 valence electrons. The van der Waals surface area contributed by atoms with Crippen molar-refractivity contribution in [2.24, 2.45) is 5.92 Å². The van der Waals surface area contributed by atoms with Crippen molar-refractivity contribution >= 4 is 0 Å². The van der Waals surface area contributed by atoms with Crippen LogP contribution in [0.2, 0.25) is 0 Å². The second-order valence-electron chi connectivity index (χ2n) is 4.21. The lowest BCUT2D eigenvalue weighted by atomic mass is 9.91. The third kappa shape index (κ3) is 3.06. The maximum atomic E-state index is 9.35. The van der Waals surface area contributed by atoms with E-state index < -0.39 is 0 Å². The van der Waals surface area contributed by atoms with Crippen molar-refractivity contribution in [1.82, 2.24) is 5.32 Å². The van der Waals surface area contributed by atoms with Crippen LogP contribution >= 0.6 is 0 Å². The van der Waals surface area contributed by atoms with Crippen LogP contribution in [0.3, 0.4) is 0 Å². The van der Waals surface area contributed by atoms with Crippen LogP contribution in [-0.4, -0.2) is 18.8 Å². The molecule has 1 aromatic carbocycles. The molecule has 0 radical (unpaired) electrons. The van der Waals surface area contributed by atoms with Crippen molar-refractivity contribution in [1.29, 1.82) is 0 Å². The standard InChI is InChI=1S/C14H23NO/c1-4-11-6-8-13(9-7-11)14(15-3)12(5-2)10-16/h6-9,12,14-16H,4-5,10H2,1-3H3. The Morgan fingerprint density at radius 3 is 2.19 bits per heavy atom. The lowest BCUT2D eigenvalue weighted by Gasteiger charge is -2.24. The van der Waals surface area contributed by atoms with Gasteiger partial charge in [-0.25, -0.2) is 0 Å². The van der Waals surface area contributed by atoms with Crippen LogP contribution in [0.1, 0.15) is 37.4 Å². The molecule has 0 fully saturated rings. The third-order valence-corrected chi connectivity index (χ3v) is 3.29. The summed E-state index contributed by atoms with van der Waals surface area (Å²) in [5.41, 5.74) is 2.62. The van der Waals surface area contributed by atoms with E-state index in [2.05, 4.69) is 43.4 Å². The monoisotopic (exact) mass is 221 g/mol. The summed E-state index contributed by atoms with van der Waals surface area (Å²) >= 11 is 0. The van der Waals surface area contributed by atoms with E-state index in [0.717, 1.165) is 12.8 Å². The first kappa shape index (κ1) is 13.2. The quantitative estimate of drug-likeness (QED) is 0.773. The lowest BCUT2D eigenvalue weighted by molar-refractivity contribution is 0.189. The van der Waals surface area contributed by atoms with E-state index in [9.17, 15) is 5.11 Å². The van der Waals surface area contributed by atoms with Gasteiger partial charge in [-0.3, -0.25) is 0 Å². The molecule has 0 bridgehead atoms. The van der Waals surface area contributed by atoms with Crippen molar-refractivity contribution in [3.05, 3.63) is 35.4 Å². The van der Waals surface area contributed by atoms with Gasteiger partial charge in [0.15, 0.2) is 0 Å². The highest BCUT2D eigenvalue weighted by Crippen LogP contribution is 2.24. The number of hydrogen-bond acceptors (Lipinski definition) is 2. The van der Waals surface area contributed by atoms with E-state index >= 15 is 0 Å². The van der Waals surface area contributed by atoms with Gasteiger partial charge in [-0.2, -0.15) is 0 Å². The summed E-state index contributed by atoms with van der Waals surface area (Å²) in [6.45, 7) is 4.51. The smallest absolute Gasteiger partial charge is 0.0477 e. The average Bonchev–Trinajstić information content (AvgIpc) is 2.36. The Morgan fingerprint density at radius 2 is 1.81 bits per heavy atom. The molecule has 0 aromatic heterocycles. The Hall–Kier alpha value is -0.860. The Bertz CT molecular complexity index is 290. The summed E-state index contributed by atoms with van der Waals surface area (Å²) < 4.78 is 0. The van der Waals surface area contributed by atoms with Gasteiger partial charge < -0.3 is 10.4 Å². The Morgan fingerprint density at radius 1 is 1.19 bits per heavy atom. The highest BCUT2D eigenvalue weighted by atomic mass is 16.3. The van der Waals surface area contributed by atoms with E-state index in [1.807, 2.05) is 7.05 Å². The van der Waals surface area contributed by atoms with E-state index in [1.54, 1.807) is 0 Å². The van der Waals surface area contributed by atoms with Crippen LogP contribution in [-0.2, 0) is 6.42 Å². The third-order valence-electron chi connectivity index (χ3n) is 3.29. The second-order valence-corrected chi connectivity index (χ2v) is 4.21. The van der Waals surface area contributed by atoms with Gasteiger partial charge in [-0.1, -0.05) is 38.1 Å². The van der Waals surface area contributed by atoms with Gasteiger partial charge in [0.2, 0.25) is 0 Å². The number of benzene rings is 1. The SMILES string of the molecule is CCc1ccc(C(NC)C(CC)CO)cc1. The van der Waals surface area contributed by atoms with Crippen LogP contribution in [0.15, 0.2) is 24.3 Å². The fourth-order valence-electron chi connectivity index (χ4n) is 2.11. The molecule has 2 N–H and O–H groups in total. The zero-order valence-corrected chi connectivity index (χ0v) is 10.5. The van der Waals surface area contributed by atoms with Crippen molar-refractivity contribution in [3.63, 3.8) is 0 Å². The summed E-state index contributed by atoms with van der Waals surface area (Å²) in [6, 6.07) is 8.92. The van der Waals surface area contributed by atoms with Crippen molar-refractivity contribution in [2.45, 2.75) is 32.7 Å². The van der Waals surface area contributed by atoms with E-state index in [1.165, 1.54) is 11.1 Å². The van der Waals surface area contributed by atoms with Crippen LogP contribution in [0, 0.1) is 5.92 Å². The molecule has 2 nitrogen and oxygen atoms in total. The lowest BCUT2D eigenvalue weighted by Crippen LogP contribution is -2.27. The maximum absolute atomic E-state index is 9.35. The zero-order chi connectivity index (χ0) is 12.0. The summed E-state index contributed by atoms with van der Waals surface area (Å²) in [5.74, 6) is 0.289. The molecule has 0 aliphatic heterocycles. The minimum atomic E-state index is 0.234. The fourth-order valence-corrected chi connectivity index (χ4v) is 2.11. The maximum Gasteiger partial charge on any atom is 0.0477 e. The molecule has 1 rings (SSSR count). The molecule has 0 amide bonds. The summed E-state index contributed by atoms with van der Waals surface area (Å²) in [5, 5.41) is 12.6. The summed E-state index contributed by atoms with van der Waals surface area (Å²) in [7, 11) is 1.96. The number of rotatable bonds is 6. The molecule has 0 heterocycles. The van der Waals surface area contributed by atoms with Gasteiger partial charge in [-0.05, 0) is 31.0 Å². The molecule has 16 heavy (non-hydrogen) atoms. The van der Waals surface area contributed by atoms with E-state index in [0.29, 0.717) is 0 Å². The van der Waals surface area contributed by atoms with Crippen LogP contribution in [0.5, 0.6) is 0 Å². The van der Waals surface area contributed by atoms with E-state index in [4.69, 9.17) is 0 Å². The van der Waals surface area contributed by atoms with Crippen LogP contribution in [0.25, 0.3) is 0 Å². The molecule has 1 aromatic rings. The number of hydrogen-bond donors (Lipinski definition) is 2. The van der Waals surface area contributed by atoms with Crippen molar-refractivity contribution < 1.29 is 5.11 Å². The van der Waals surface area contributed by atoms with E-state index in [-0.39, 0.29) is 18.6 Å². The first-order valence-electron chi connectivity index (χ1n) is 6.13. The topological polar surface area (TPSA) is 32.3 Å². The molecule has 0 saturated heterocycles. The molecule has 0 saturated carbocycles. The number of aliphatic hydroxyl groups excluding tert-OH is 1. The minimum Gasteiger partial charge on any atom is -0.396 e. The molecular formula is C14H23NO. The Balaban J connectivity index is 2.85. The van der Waals surface area contributed by atoms with Gasteiger partial charge >= 0.3 is 0 Å². The number of aliphatic hydroxyl groups is 1. The molecule has 0 aliphatic carbocycles. The first-order chi connectivity index (χ1) is 7.76. The highest BCUT2D eigenvalue weighted by molar-refractivity contribution is 5.25. The summed E-state index contributed by atoms with van der Waals surface area (Å²) in [4.78, 5) is 0. The normalized spacial score (nSPS) is 14.8. The highest BCUT2D eigenvalue weighted by Gasteiger charge is 2.18. The van der Waals surface area contributed by atoms with Gasteiger partial charge in [0.25, 0.3) is 0 Å². The van der Waals surface area contributed by atoms with Crippen molar-refractivity contribution in [2.75, 3.05) is 13.7 Å². The van der Waals surface area contributed by atoms with Gasteiger partial charge in [0, 0.05) is 18.6 Å². The molecular weight excluding hydrogens is 198 g/mol. The summed E-state index contributed by atoms with van der Waals surface area (Å²) in [6.07, 6.45) is 2.05.